The summed E-state index contributed by atoms with van der Waals surface area (Å²) in [7, 11) is -3.00. The Morgan fingerprint density at radius 3 is 2.93 bits per heavy atom. The SMILES string of the molecule is Nc1nc(C2CS(=O)(=O)CCN2)no1. The Hall–Kier alpha value is -1.15. The van der Waals surface area contributed by atoms with Gasteiger partial charge in [-0.2, -0.15) is 4.98 Å². The van der Waals surface area contributed by atoms with Gasteiger partial charge in [-0.15, -0.1) is 0 Å². The highest BCUT2D eigenvalue weighted by atomic mass is 32.2. The largest absolute Gasteiger partial charge is 0.351 e. The molecule has 0 radical (unpaired) electrons. The molecule has 0 aliphatic carbocycles. The summed E-state index contributed by atoms with van der Waals surface area (Å²) in [6.07, 6.45) is 0. The van der Waals surface area contributed by atoms with Crippen molar-refractivity contribution in [1.82, 2.24) is 15.5 Å². The van der Waals surface area contributed by atoms with Gasteiger partial charge in [0.1, 0.15) is 0 Å². The second kappa shape index (κ2) is 3.21. The van der Waals surface area contributed by atoms with Crippen LogP contribution in [0.5, 0.6) is 0 Å². The van der Waals surface area contributed by atoms with Crippen molar-refractivity contribution >= 4 is 15.9 Å². The van der Waals surface area contributed by atoms with E-state index in [4.69, 9.17) is 5.73 Å². The lowest BCUT2D eigenvalue weighted by molar-refractivity contribution is 0.411. The zero-order valence-corrected chi connectivity index (χ0v) is 8.12. The Balaban J connectivity index is 2.20. The maximum absolute atomic E-state index is 11.3. The summed E-state index contributed by atoms with van der Waals surface area (Å²) in [5.74, 6) is 0.439. The summed E-state index contributed by atoms with van der Waals surface area (Å²) in [6, 6.07) is -0.459. The van der Waals surface area contributed by atoms with Crippen LogP contribution < -0.4 is 11.1 Å². The Morgan fingerprint density at radius 2 is 2.36 bits per heavy atom. The van der Waals surface area contributed by atoms with E-state index in [9.17, 15) is 8.42 Å². The molecular formula is C6H10N4O3S. The number of anilines is 1. The topological polar surface area (TPSA) is 111 Å². The number of nitrogens with zero attached hydrogens (tertiary/aromatic N) is 2. The normalized spacial score (nSPS) is 26.1. The molecule has 2 heterocycles. The van der Waals surface area contributed by atoms with Crippen LogP contribution in [-0.4, -0.2) is 36.6 Å². The van der Waals surface area contributed by atoms with E-state index in [1.807, 2.05) is 0 Å². The third-order valence-corrected chi connectivity index (χ3v) is 3.66. The lowest BCUT2D eigenvalue weighted by Gasteiger charge is -2.20. The molecule has 1 aromatic rings. The molecule has 78 valence electrons. The Kier molecular flexibility index (Phi) is 2.16. The van der Waals surface area contributed by atoms with E-state index in [-0.39, 0.29) is 17.5 Å². The molecule has 1 atom stereocenters. The van der Waals surface area contributed by atoms with Crippen molar-refractivity contribution in [2.24, 2.45) is 0 Å². The first kappa shape index (κ1) is 9.41. The number of nitrogen functional groups attached to an aromatic ring is 1. The van der Waals surface area contributed by atoms with E-state index >= 15 is 0 Å². The van der Waals surface area contributed by atoms with Gasteiger partial charge in [-0.1, -0.05) is 5.16 Å². The van der Waals surface area contributed by atoms with Crippen molar-refractivity contribution < 1.29 is 12.9 Å². The highest BCUT2D eigenvalue weighted by Gasteiger charge is 2.28. The smallest absolute Gasteiger partial charge is 0.318 e. The molecule has 1 fully saturated rings. The molecule has 2 rings (SSSR count). The highest BCUT2D eigenvalue weighted by Crippen LogP contribution is 2.16. The van der Waals surface area contributed by atoms with E-state index < -0.39 is 15.9 Å². The Morgan fingerprint density at radius 1 is 1.57 bits per heavy atom. The standard InChI is InChI=1S/C6H10N4O3S/c7-6-9-5(10-13-6)4-3-14(11,12)2-1-8-4/h4,8H,1-3H2,(H2,7,9,10). The van der Waals surface area contributed by atoms with Gasteiger partial charge in [-0.05, 0) is 0 Å². The molecule has 7 nitrogen and oxygen atoms in total. The number of aromatic nitrogens is 2. The summed E-state index contributed by atoms with van der Waals surface area (Å²) in [5.41, 5.74) is 5.24. The molecule has 1 aromatic heterocycles. The van der Waals surface area contributed by atoms with E-state index in [0.29, 0.717) is 12.4 Å². The quantitative estimate of drug-likeness (QED) is 0.603. The molecular weight excluding hydrogens is 208 g/mol. The molecule has 1 aliphatic rings. The van der Waals surface area contributed by atoms with Crippen LogP contribution in [0.3, 0.4) is 0 Å². The first-order valence-corrected chi connectivity index (χ1v) is 5.92. The van der Waals surface area contributed by atoms with Gasteiger partial charge in [0.15, 0.2) is 15.7 Å². The minimum atomic E-state index is -3.00. The van der Waals surface area contributed by atoms with Crippen LogP contribution >= 0.6 is 0 Å². The summed E-state index contributed by atoms with van der Waals surface area (Å²) in [6.45, 7) is 0.404. The minimum absolute atomic E-state index is 0.00796. The van der Waals surface area contributed by atoms with Crippen molar-refractivity contribution in [2.75, 3.05) is 23.8 Å². The van der Waals surface area contributed by atoms with Crippen LogP contribution in [0.15, 0.2) is 4.52 Å². The number of nitrogens with one attached hydrogen (secondary N) is 1. The minimum Gasteiger partial charge on any atom is -0.351 e. The molecule has 0 bridgehead atoms. The monoisotopic (exact) mass is 218 g/mol. The Labute approximate surface area is 80.6 Å². The molecule has 1 saturated heterocycles. The molecule has 8 heteroatoms. The van der Waals surface area contributed by atoms with Crippen molar-refractivity contribution in [3.05, 3.63) is 5.82 Å². The molecule has 14 heavy (non-hydrogen) atoms. The summed E-state index contributed by atoms with van der Waals surface area (Å²) < 4.78 is 27.1. The van der Waals surface area contributed by atoms with E-state index in [1.54, 1.807) is 0 Å². The van der Waals surface area contributed by atoms with Crippen molar-refractivity contribution in [1.29, 1.82) is 0 Å². The summed E-state index contributed by atoms with van der Waals surface area (Å²) >= 11 is 0. The van der Waals surface area contributed by atoms with Crippen LogP contribution in [0.25, 0.3) is 0 Å². The third-order valence-electron chi connectivity index (χ3n) is 1.99. The number of nitrogens with two attached hydrogens (primary N) is 1. The summed E-state index contributed by atoms with van der Waals surface area (Å²) in [5, 5.41) is 6.55. The van der Waals surface area contributed by atoms with Gasteiger partial charge in [0.2, 0.25) is 0 Å². The molecule has 0 aromatic carbocycles. The zero-order valence-electron chi connectivity index (χ0n) is 7.30. The van der Waals surface area contributed by atoms with E-state index in [2.05, 4.69) is 20.0 Å². The molecule has 1 aliphatic heterocycles. The van der Waals surface area contributed by atoms with Crippen LogP contribution in [-0.2, 0) is 9.84 Å². The van der Waals surface area contributed by atoms with Gasteiger partial charge >= 0.3 is 6.01 Å². The fraction of sp³-hybridized carbons (Fsp3) is 0.667. The Bertz CT molecular complexity index is 426. The van der Waals surface area contributed by atoms with Gasteiger partial charge in [0, 0.05) is 6.54 Å². The lowest BCUT2D eigenvalue weighted by atomic mass is 10.3. The fourth-order valence-corrected chi connectivity index (χ4v) is 2.71. The maximum Gasteiger partial charge on any atom is 0.318 e. The van der Waals surface area contributed by atoms with Gasteiger partial charge in [0.05, 0.1) is 17.5 Å². The van der Waals surface area contributed by atoms with Crippen LogP contribution in [0.2, 0.25) is 0 Å². The maximum atomic E-state index is 11.3. The average Bonchev–Trinajstić information content (AvgIpc) is 2.50. The molecule has 3 N–H and O–H groups in total. The van der Waals surface area contributed by atoms with Crippen LogP contribution in [0.1, 0.15) is 11.9 Å². The second-order valence-corrected chi connectivity index (χ2v) is 5.34. The van der Waals surface area contributed by atoms with E-state index in [1.165, 1.54) is 0 Å². The first-order valence-electron chi connectivity index (χ1n) is 4.10. The van der Waals surface area contributed by atoms with Crippen LogP contribution in [0.4, 0.5) is 6.01 Å². The van der Waals surface area contributed by atoms with E-state index in [0.717, 1.165) is 0 Å². The van der Waals surface area contributed by atoms with Gasteiger partial charge in [-0.25, -0.2) is 8.42 Å². The molecule has 1 unspecified atom stereocenters. The van der Waals surface area contributed by atoms with Crippen LogP contribution in [0, 0.1) is 0 Å². The zero-order chi connectivity index (χ0) is 10.2. The molecule has 0 saturated carbocycles. The number of hydrogen-bond acceptors (Lipinski definition) is 7. The second-order valence-electron chi connectivity index (χ2n) is 3.11. The predicted octanol–water partition coefficient (Wildman–Crippen LogP) is -1.29. The van der Waals surface area contributed by atoms with Crippen molar-refractivity contribution in [3.8, 4) is 0 Å². The molecule has 0 amide bonds. The lowest BCUT2D eigenvalue weighted by Crippen LogP contribution is -2.39. The molecule has 0 spiro atoms. The number of hydrogen-bond donors (Lipinski definition) is 2. The van der Waals surface area contributed by atoms with Crippen molar-refractivity contribution in [2.45, 2.75) is 6.04 Å². The predicted molar refractivity (Wildman–Crippen MR) is 48.1 cm³/mol. The number of rotatable bonds is 1. The summed E-state index contributed by atoms with van der Waals surface area (Å²) in [4.78, 5) is 3.77. The van der Waals surface area contributed by atoms with Gasteiger partial charge in [-0.3, -0.25) is 0 Å². The van der Waals surface area contributed by atoms with Gasteiger partial charge in [0.25, 0.3) is 0 Å². The first-order chi connectivity index (χ1) is 6.57. The van der Waals surface area contributed by atoms with Gasteiger partial charge < -0.3 is 15.6 Å². The van der Waals surface area contributed by atoms with Crippen molar-refractivity contribution in [3.63, 3.8) is 0 Å². The number of sulfone groups is 1. The highest BCUT2D eigenvalue weighted by molar-refractivity contribution is 7.91. The fourth-order valence-electron chi connectivity index (χ4n) is 1.34. The third kappa shape index (κ3) is 1.85. The average molecular weight is 218 g/mol.